The highest BCUT2D eigenvalue weighted by Crippen LogP contribution is 2.01. The maximum atomic E-state index is 10.2. The van der Waals surface area contributed by atoms with Crippen LogP contribution in [0.5, 0.6) is 0 Å². The number of hydrogen-bond acceptors (Lipinski definition) is 4. The van der Waals surface area contributed by atoms with Crippen molar-refractivity contribution >= 4 is 5.91 Å². The molecule has 0 saturated carbocycles. The predicted octanol–water partition coefficient (Wildman–Crippen LogP) is -2.04. The lowest BCUT2D eigenvalue weighted by atomic mass is 10.1. The number of hydrogen-bond donors (Lipinski definition) is 4. The van der Waals surface area contributed by atoms with Crippen molar-refractivity contribution in [2.45, 2.75) is 31.7 Å². The highest BCUT2D eigenvalue weighted by molar-refractivity contribution is 5.78. The van der Waals surface area contributed by atoms with Gasteiger partial charge in [0.05, 0.1) is 12.2 Å². The summed E-state index contributed by atoms with van der Waals surface area (Å²) in [6, 6.07) is 0. The number of carbonyl (C=O) groups excluding carboxylic acids is 1. The zero-order valence-electron chi connectivity index (χ0n) is 6.27. The molecular weight excluding hydrogens is 150 g/mol. The van der Waals surface area contributed by atoms with Crippen molar-refractivity contribution in [2.75, 3.05) is 0 Å². The third-order valence-electron chi connectivity index (χ3n) is 1.35. The van der Waals surface area contributed by atoms with Crippen LogP contribution in [0.3, 0.4) is 0 Å². The molecule has 0 radical (unpaired) electrons. The zero-order chi connectivity index (χ0) is 9.02. The number of aliphatic hydroxyl groups excluding tert-OH is 3. The summed E-state index contributed by atoms with van der Waals surface area (Å²) in [7, 11) is 0. The van der Waals surface area contributed by atoms with Crippen LogP contribution in [0, 0.1) is 0 Å². The van der Waals surface area contributed by atoms with Crippen LogP contribution in [-0.2, 0) is 4.79 Å². The van der Waals surface area contributed by atoms with E-state index in [9.17, 15) is 4.79 Å². The van der Waals surface area contributed by atoms with Crippen LogP contribution >= 0.6 is 0 Å². The standard InChI is InChI=1S/C6H13NO4/c1-3(8)4(9)2-5(10)6(7)11/h3-5,8-10H,2H2,1H3,(H2,7,11). The second-order valence-electron chi connectivity index (χ2n) is 2.46. The van der Waals surface area contributed by atoms with Gasteiger partial charge >= 0.3 is 0 Å². The Morgan fingerprint density at radius 1 is 1.45 bits per heavy atom. The molecule has 0 bridgehead atoms. The number of primary amides is 1. The first-order valence-corrected chi connectivity index (χ1v) is 3.28. The van der Waals surface area contributed by atoms with Gasteiger partial charge < -0.3 is 21.1 Å². The van der Waals surface area contributed by atoms with E-state index in [0.29, 0.717) is 0 Å². The van der Waals surface area contributed by atoms with Crippen LogP contribution in [0.15, 0.2) is 0 Å². The summed E-state index contributed by atoms with van der Waals surface area (Å²) < 4.78 is 0. The maximum absolute atomic E-state index is 10.2. The molecular formula is C6H13NO4. The zero-order valence-corrected chi connectivity index (χ0v) is 6.27. The third kappa shape index (κ3) is 3.92. The minimum Gasteiger partial charge on any atom is -0.391 e. The van der Waals surface area contributed by atoms with Crippen LogP contribution in [0.2, 0.25) is 0 Å². The molecule has 5 heteroatoms. The summed E-state index contributed by atoms with van der Waals surface area (Å²) in [5.41, 5.74) is 4.70. The maximum Gasteiger partial charge on any atom is 0.246 e. The third-order valence-corrected chi connectivity index (χ3v) is 1.35. The summed E-state index contributed by atoms with van der Waals surface area (Å²) in [5, 5.41) is 26.5. The van der Waals surface area contributed by atoms with E-state index >= 15 is 0 Å². The van der Waals surface area contributed by atoms with Gasteiger partial charge in [0.25, 0.3) is 0 Å². The molecule has 0 aliphatic rings. The molecule has 0 saturated heterocycles. The lowest BCUT2D eigenvalue weighted by molar-refractivity contribution is -0.128. The van der Waals surface area contributed by atoms with Crippen molar-refractivity contribution in [1.29, 1.82) is 0 Å². The first kappa shape index (κ1) is 10.3. The van der Waals surface area contributed by atoms with Crippen molar-refractivity contribution in [3.63, 3.8) is 0 Å². The smallest absolute Gasteiger partial charge is 0.246 e. The number of amides is 1. The Balaban J connectivity index is 3.75. The molecule has 0 aromatic carbocycles. The van der Waals surface area contributed by atoms with Gasteiger partial charge in [0, 0.05) is 6.42 Å². The van der Waals surface area contributed by atoms with Crippen molar-refractivity contribution in [2.24, 2.45) is 5.73 Å². The second-order valence-corrected chi connectivity index (χ2v) is 2.46. The molecule has 0 aliphatic carbocycles. The van der Waals surface area contributed by atoms with E-state index in [1.54, 1.807) is 0 Å². The van der Waals surface area contributed by atoms with Crippen molar-refractivity contribution in [1.82, 2.24) is 0 Å². The molecule has 11 heavy (non-hydrogen) atoms. The summed E-state index contributed by atoms with van der Waals surface area (Å²) in [5.74, 6) is -0.898. The Kier molecular flexibility index (Phi) is 4.02. The Bertz CT molecular complexity index is 137. The van der Waals surface area contributed by atoms with Crippen LogP contribution in [0.25, 0.3) is 0 Å². The fourth-order valence-corrected chi connectivity index (χ4v) is 0.542. The molecule has 0 aromatic rings. The Hall–Kier alpha value is -0.650. The van der Waals surface area contributed by atoms with E-state index in [0.717, 1.165) is 0 Å². The first-order valence-electron chi connectivity index (χ1n) is 3.28. The predicted molar refractivity (Wildman–Crippen MR) is 37.5 cm³/mol. The lowest BCUT2D eigenvalue weighted by Crippen LogP contribution is -2.35. The van der Waals surface area contributed by atoms with Gasteiger partial charge in [-0.25, -0.2) is 0 Å². The minimum absolute atomic E-state index is 0.229. The fraction of sp³-hybridized carbons (Fsp3) is 0.833. The molecule has 3 unspecified atom stereocenters. The van der Waals surface area contributed by atoms with Gasteiger partial charge in [-0.15, -0.1) is 0 Å². The van der Waals surface area contributed by atoms with Gasteiger partial charge in [-0.05, 0) is 6.92 Å². The Labute approximate surface area is 64.4 Å². The summed E-state index contributed by atoms with van der Waals surface area (Å²) >= 11 is 0. The molecule has 5 N–H and O–H groups in total. The molecule has 66 valence electrons. The van der Waals surface area contributed by atoms with Gasteiger partial charge in [0.2, 0.25) is 5.91 Å². The fourth-order valence-electron chi connectivity index (χ4n) is 0.542. The van der Waals surface area contributed by atoms with Crippen LogP contribution < -0.4 is 5.73 Å². The molecule has 0 fully saturated rings. The summed E-state index contributed by atoms with van der Waals surface area (Å²) in [6.45, 7) is 1.36. The topological polar surface area (TPSA) is 104 Å². The molecule has 0 rings (SSSR count). The van der Waals surface area contributed by atoms with Gasteiger partial charge in [-0.3, -0.25) is 4.79 Å². The van der Waals surface area contributed by atoms with Gasteiger partial charge in [0.15, 0.2) is 0 Å². The molecule has 0 spiro atoms. The highest BCUT2D eigenvalue weighted by Gasteiger charge is 2.19. The average molecular weight is 163 g/mol. The Morgan fingerprint density at radius 2 is 1.91 bits per heavy atom. The van der Waals surface area contributed by atoms with Crippen LogP contribution in [-0.4, -0.2) is 39.5 Å². The SMILES string of the molecule is CC(O)C(O)CC(O)C(N)=O. The monoisotopic (exact) mass is 163 g/mol. The number of carbonyl (C=O) groups is 1. The first-order chi connectivity index (χ1) is 4.95. The van der Waals surface area contributed by atoms with Gasteiger partial charge in [-0.2, -0.15) is 0 Å². The van der Waals surface area contributed by atoms with Crippen molar-refractivity contribution < 1.29 is 20.1 Å². The van der Waals surface area contributed by atoms with E-state index in [4.69, 9.17) is 21.1 Å². The molecule has 0 heterocycles. The van der Waals surface area contributed by atoms with E-state index in [2.05, 4.69) is 0 Å². The average Bonchev–Trinajstić information content (AvgIpc) is 1.87. The van der Waals surface area contributed by atoms with E-state index in [1.807, 2.05) is 0 Å². The minimum atomic E-state index is -1.39. The van der Waals surface area contributed by atoms with Crippen LogP contribution in [0.1, 0.15) is 13.3 Å². The molecule has 0 aromatic heterocycles. The Morgan fingerprint density at radius 3 is 2.18 bits per heavy atom. The highest BCUT2D eigenvalue weighted by atomic mass is 16.3. The molecule has 5 nitrogen and oxygen atoms in total. The number of aliphatic hydroxyl groups is 3. The van der Waals surface area contributed by atoms with Gasteiger partial charge in [-0.1, -0.05) is 0 Å². The second kappa shape index (κ2) is 4.27. The number of rotatable bonds is 4. The van der Waals surface area contributed by atoms with Crippen molar-refractivity contribution in [3.05, 3.63) is 0 Å². The molecule has 3 atom stereocenters. The summed E-state index contributed by atoms with van der Waals surface area (Å²) in [6.07, 6.45) is -3.70. The largest absolute Gasteiger partial charge is 0.391 e. The number of nitrogens with two attached hydrogens (primary N) is 1. The molecule has 0 aliphatic heterocycles. The molecule has 1 amide bonds. The normalized spacial score (nSPS) is 18.9. The van der Waals surface area contributed by atoms with E-state index < -0.39 is 24.2 Å². The lowest BCUT2D eigenvalue weighted by Gasteiger charge is -2.15. The van der Waals surface area contributed by atoms with Gasteiger partial charge in [0.1, 0.15) is 6.10 Å². The van der Waals surface area contributed by atoms with E-state index in [1.165, 1.54) is 6.92 Å². The summed E-state index contributed by atoms with van der Waals surface area (Å²) in [4.78, 5) is 10.2. The van der Waals surface area contributed by atoms with E-state index in [-0.39, 0.29) is 6.42 Å². The quantitative estimate of drug-likeness (QED) is 0.383. The van der Waals surface area contributed by atoms with Crippen LogP contribution in [0.4, 0.5) is 0 Å². The van der Waals surface area contributed by atoms with Crippen molar-refractivity contribution in [3.8, 4) is 0 Å².